The maximum absolute atomic E-state index is 8.88. The average Bonchev–Trinajstić information content (AvgIpc) is 3.28. The van der Waals surface area contributed by atoms with Gasteiger partial charge in [-0.2, -0.15) is 9.78 Å². The molecule has 0 unspecified atom stereocenters. The molecule has 15 heteroatoms. The summed E-state index contributed by atoms with van der Waals surface area (Å²) in [6, 6.07) is 0. The molecular formula is C50H99O14P. The second kappa shape index (κ2) is 64.1. The summed E-state index contributed by atoms with van der Waals surface area (Å²) in [6.07, 6.45) is 60.0. The summed E-state index contributed by atoms with van der Waals surface area (Å²) in [5.41, 5.74) is 0. The average molecular weight is 955 g/mol. The molecule has 0 rings (SSSR count). The van der Waals surface area contributed by atoms with Crippen molar-refractivity contribution in [3.8, 4) is 0 Å². The first kappa shape index (κ1) is 67.3. The van der Waals surface area contributed by atoms with Crippen LogP contribution in [-0.2, 0) is 53.7 Å². The molecule has 388 valence electrons. The molecule has 0 bridgehead atoms. The summed E-state index contributed by atoms with van der Waals surface area (Å²) >= 11 is 0. The van der Waals surface area contributed by atoms with Crippen LogP contribution in [0.2, 0.25) is 0 Å². The van der Waals surface area contributed by atoms with E-state index in [1.165, 1.54) is 218 Å². The lowest BCUT2D eigenvalue weighted by molar-refractivity contribution is -0.621. The standard InChI is InChI=1S/2C25H48O5.H3O4P/c2*1-3-5-6-7-8-9-10-11-12-13-14-15-16-17-18-19-20-21-23-27-29-30-28-25-24-26-22-4-2;1-5(2,3)4/h2*4,21-23H,3,5-20,24-25H2,1-2H3;(H3,1,2,3,4). The number of unbranched alkanes of at least 4 members (excludes halogenated alkanes) is 32. The van der Waals surface area contributed by atoms with E-state index in [4.69, 9.17) is 38.5 Å². The molecule has 0 amide bonds. The first-order valence-electron chi connectivity index (χ1n) is 25.6. The lowest BCUT2D eigenvalue weighted by Gasteiger charge is -2.03. The van der Waals surface area contributed by atoms with Gasteiger partial charge in [0, 0.05) is 10.1 Å². The predicted molar refractivity (Wildman–Crippen MR) is 261 cm³/mol. The van der Waals surface area contributed by atoms with Crippen molar-refractivity contribution in [3.63, 3.8) is 0 Å². The summed E-state index contributed by atoms with van der Waals surface area (Å²) in [7, 11) is -4.64. The Hall–Kier alpha value is -1.97. The topological polar surface area (TPSA) is 170 Å². The highest BCUT2D eigenvalue weighted by atomic mass is 31.2. The Morgan fingerprint density at radius 2 is 0.600 bits per heavy atom. The van der Waals surface area contributed by atoms with Crippen molar-refractivity contribution >= 4 is 7.82 Å². The van der Waals surface area contributed by atoms with Crippen molar-refractivity contribution < 1.29 is 68.4 Å². The Bertz CT molecular complexity index is 932. The van der Waals surface area contributed by atoms with E-state index < -0.39 is 7.82 Å². The normalized spacial score (nSPS) is 11.7. The van der Waals surface area contributed by atoms with Crippen molar-refractivity contribution in [1.82, 2.24) is 0 Å². The molecule has 0 aliphatic rings. The maximum Gasteiger partial charge on any atom is 0.466 e. The van der Waals surface area contributed by atoms with Crippen molar-refractivity contribution in [2.45, 2.75) is 246 Å². The van der Waals surface area contributed by atoms with Crippen LogP contribution in [0, 0.1) is 0 Å². The molecule has 0 fully saturated rings. The first-order chi connectivity index (χ1) is 31.8. The molecular weight excluding hydrogens is 856 g/mol. The lowest BCUT2D eigenvalue weighted by Crippen LogP contribution is -2.02. The van der Waals surface area contributed by atoms with E-state index in [2.05, 4.69) is 43.8 Å². The zero-order chi connectivity index (χ0) is 48.1. The number of rotatable bonds is 50. The molecule has 0 spiro atoms. The molecule has 0 saturated carbocycles. The summed E-state index contributed by atoms with van der Waals surface area (Å²) < 4.78 is 19.0. The molecule has 0 heterocycles. The zero-order valence-corrected chi connectivity index (χ0v) is 42.7. The Morgan fingerprint density at radius 3 is 0.846 bits per heavy atom. The fourth-order valence-corrected chi connectivity index (χ4v) is 6.51. The quantitative estimate of drug-likeness (QED) is 0.0173. The van der Waals surface area contributed by atoms with Crippen LogP contribution in [-0.4, -0.2) is 41.1 Å². The summed E-state index contributed by atoms with van der Waals surface area (Å²) in [4.78, 5) is 40.3. The van der Waals surface area contributed by atoms with Gasteiger partial charge in [0.05, 0.1) is 12.5 Å². The fourth-order valence-electron chi connectivity index (χ4n) is 6.51. The van der Waals surface area contributed by atoms with Crippen molar-refractivity contribution in [3.05, 3.63) is 49.4 Å². The number of hydrogen-bond donors (Lipinski definition) is 3. The van der Waals surface area contributed by atoms with E-state index in [9.17, 15) is 0 Å². The van der Waals surface area contributed by atoms with Gasteiger partial charge >= 0.3 is 7.82 Å². The predicted octanol–water partition coefficient (Wildman–Crippen LogP) is 16.1. The van der Waals surface area contributed by atoms with Gasteiger partial charge in [-0.05, 0) is 61.8 Å². The Morgan fingerprint density at radius 1 is 0.354 bits per heavy atom. The van der Waals surface area contributed by atoms with E-state index in [1.807, 2.05) is 26.0 Å². The highest BCUT2D eigenvalue weighted by Gasteiger charge is 2.00. The molecule has 0 aliphatic carbocycles. The van der Waals surface area contributed by atoms with Gasteiger partial charge in [-0.25, -0.2) is 4.57 Å². The summed E-state index contributed by atoms with van der Waals surface area (Å²) in [5.74, 6) is 0. The third-order valence-electron chi connectivity index (χ3n) is 10.0. The second-order valence-corrected chi connectivity index (χ2v) is 17.3. The van der Waals surface area contributed by atoms with Crippen LogP contribution in [0.3, 0.4) is 0 Å². The van der Waals surface area contributed by atoms with Crippen LogP contribution in [0.4, 0.5) is 0 Å². The summed E-state index contributed by atoms with van der Waals surface area (Å²) in [5, 5.41) is 17.5. The Kier molecular flexibility index (Phi) is 66.4. The van der Waals surface area contributed by atoms with Crippen LogP contribution in [0.25, 0.3) is 0 Å². The monoisotopic (exact) mass is 955 g/mol. The van der Waals surface area contributed by atoms with Gasteiger partial charge < -0.3 is 33.9 Å². The van der Waals surface area contributed by atoms with Gasteiger partial charge in [-0.1, -0.05) is 219 Å². The minimum absolute atomic E-state index is 0.261. The first-order valence-corrected chi connectivity index (χ1v) is 27.2. The van der Waals surface area contributed by atoms with Gasteiger partial charge in [-0.15, -0.1) is 0 Å². The minimum Gasteiger partial charge on any atom is -0.499 e. The number of phosphoric acid groups is 1. The molecule has 65 heavy (non-hydrogen) atoms. The number of allylic oxidation sites excluding steroid dienone is 4. The zero-order valence-electron chi connectivity index (χ0n) is 41.8. The Labute approximate surface area is 397 Å². The Balaban J connectivity index is -0.00000107. The third-order valence-corrected chi connectivity index (χ3v) is 10.0. The second-order valence-electron chi connectivity index (χ2n) is 16.2. The molecule has 0 aromatic heterocycles. The van der Waals surface area contributed by atoms with Crippen LogP contribution < -0.4 is 0 Å². The van der Waals surface area contributed by atoms with E-state index in [-0.39, 0.29) is 13.2 Å². The van der Waals surface area contributed by atoms with E-state index in [0.717, 1.165) is 12.8 Å². The molecule has 14 nitrogen and oxygen atoms in total. The lowest BCUT2D eigenvalue weighted by atomic mass is 10.0. The minimum atomic E-state index is -4.64. The molecule has 0 atom stereocenters. The van der Waals surface area contributed by atoms with Crippen molar-refractivity contribution in [2.75, 3.05) is 26.4 Å². The van der Waals surface area contributed by atoms with E-state index >= 15 is 0 Å². The van der Waals surface area contributed by atoms with Crippen LogP contribution in [0.5, 0.6) is 0 Å². The molecule has 3 N–H and O–H groups in total. The molecule has 0 saturated heterocycles. The number of ether oxygens (including phenoxy) is 2. The van der Waals surface area contributed by atoms with E-state index in [1.54, 1.807) is 24.7 Å². The maximum atomic E-state index is 8.88. The van der Waals surface area contributed by atoms with Gasteiger partial charge in [-0.3, -0.25) is 0 Å². The van der Waals surface area contributed by atoms with Crippen LogP contribution in [0.1, 0.15) is 246 Å². The van der Waals surface area contributed by atoms with Crippen molar-refractivity contribution in [1.29, 1.82) is 0 Å². The number of hydrogen-bond acceptors (Lipinski definition) is 11. The van der Waals surface area contributed by atoms with Gasteiger partial charge in [0.25, 0.3) is 0 Å². The largest absolute Gasteiger partial charge is 0.499 e. The van der Waals surface area contributed by atoms with Crippen LogP contribution in [0.15, 0.2) is 49.4 Å². The smallest absolute Gasteiger partial charge is 0.466 e. The molecule has 0 radical (unpaired) electrons. The molecule has 0 aliphatic heterocycles. The summed E-state index contributed by atoms with van der Waals surface area (Å²) in [6.45, 7) is 9.62. The van der Waals surface area contributed by atoms with Gasteiger partial charge in [0.2, 0.25) is 0 Å². The highest BCUT2D eigenvalue weighted by Crippen LogP contribution is 2.26. The SMILES string of the molecule is CC=COCCOOOOC=CCCCCCCCCCCCCCCCCCC.CC=COCCOOOOC=CCCCCCCCCCCCCCCCCCC.O=P(O)(O)O. The van der Waals surface area contributed by atoms with Gasteiger partial charge in [0.15, 0.2) is 0 Å². The fraction of sp³-hybridized carbons (Fsp3) is 0.840. The highest BCUT2D eigenvalue weighted by molar-refractivity contribution is 7.45. The van der Waals surface area contributed by atoms with E-state index in [0.29, 0.717) is 13.2 Å². The van der Waals surface area contributed by atoms with Crippen molar-refractivity contribution in [2.24, 2.45) is 0 Å². The van der Waals surface area contributed by atoms with Crippen LogP contribution >= 0.6 is 7.82 Å². The third kappa shape index (κ3) is 82.6. The molecule has 0 aromatic carbocycles. The van der Waals surface area contributed by atoms with Gasteiger partial charge in [0.1, 0.15) is 39.0 Å². The molecule has 0 aromatic rings.